The SMILES string of the molecule is CCOC(=O)C1=C(c2ccc(Cl)cc2)C(=Cc2sc(N)c(C(=O)OCC)c2-c2ccc(Cl)cc2)SC1=[NH2+].[Cl-]. The van der Waals surface area contributed by atoms with Crippen molar-refractivity contribution in [1.82, 2.24) is 0 Å². The summed E-state index contributed by atoms with van der Waals surface area (Å²) in [5.41, 5.74) is 9.63. The predicted molar refractivity (Wildman–Crippen MR) is 153 cm³/mol. The standard InChI is InChI=1S/C27H22Cl2N2O4S2.ClH/c1-3-34-26(32)22-20(14-5-9-16(28)10-6-14)18(36-24(22)30)13-19-21(15-7-11-17(29)12-8-15)23(25(31)37-19)27(33)35-4-2;/h5-13,30H,3-4,31H2,1-2H3;1H. The molecule has 38 heavy (non-hydrogen) atoms. The minimum absolute atomic E-state index is 0. The Bertz CT molecular complexity index is 1450. The molecule has 2 heterocycles. The van der Waals surface area contributed by atoms with Gasteiger partial charge in [-0.15, -0.1) is 11.3 Å². The number of rotatable bonds is 7. The molecule has 0 fully saturated rings. The third-order valence-electron chi connectivity index (χ3n) is 5.41. The van der Waals surface area contributed by atoms with Crippen LogP contribution in [-0.2, 0) is 14.3 Å². The van der Waals surface area contributed by atoms with Gasteiger partial charge in [-0.3, -0.25) is 0 Å². The number of halogens is 3. The Kier molecular flexibility index (Phi) is 10.1. The van der Waals surface area contributed by atoms with E-state index in [4.69, 9.17) is 43.8 Å². The maximum atomic E-state index is 12.9. The number of hydrogen-bond donors (Lipinski definition) is 2. The molecule has 0 amide bonds. The van der Waals surface area contributed by atoms with Crippen LogP contribution in [-0.4, -0.2) is 30.2 Å². The lowest BCUT2D eigenvalue weighted by molar-refractivity contribution is -0.139. The van der Waals surface area contributed by atoms with E-state index >= 15 is 0 Å². The molecule has 0 spiro atoms. The van der Waals surface area contributed by atoms with Gasteiger partial charge < -0.3 is 27.6 Å². The van der Waals surface area contributed by atoms with Crippen LogP contribution >= 0.6 is 46.3 Å². The summed E-state index contributed by atoms with van der Waals surface area (Å²) < 4.78 is 10.6. The highest BCUT2D eigenvalue weighted by Gasteiger charge is 2.37. The minimum Gasteiger partial charge on any atom is -1.00 e. The third kappa shape index (κ3) is 6.11. The number of nitrogens with two attached hydrogens (primary N) is 2. The zero-order chi connectivity index (χ0) is 26.7. The van der Waals surface area contributed by atoms with Crippen LogP contribution in [0.5, 0.6) is 0 Å². The molecule has 1 aliphatic rings. The van der Waals surface area contributed by atoms with Crippen molar-refractivity contribution in [1.29, 1.82) is 0 Å². The van der Waals surface area contributed by atoms with Gasteiger partial charge in [0.05, 0.1) is 13.2 Å². The summed E-state index contributed by atoms with van der Waals surface area (Å²) in [5.74, 6) is -1.03. The fourth-order valence-electron chi connectivity index (χ4n) is 3.87. The molecule has 0 radical (unpaired) electrons. The van der Waals surface area contributed by atoms with Gasteiger partial charge in [0.2, 0.25) is 0 Å². The van der Waals surface area contributed by atoms with E-state index in [2.05, 4.69) is 0 Å². The molecule has 0 atom stereocenters. The van der Waals surface area contributed by atoms with Crippen molar-refractivity contribution in [2.24, 2.45) is 0 Å². The smallest absolute Gasteiger partial charge is 0.346 e. The van der Waals surface area contributed by atoms with Crippen molar-refractivity contribution in [2.45, 2.75) is 13.8 Å². The predicted octanol–water partition coefficient (Wildman–Crippen LogP) is 2.75. The number of ether oxygens (including phenoxy) is 2. The van der Waals surface area contributed by atoms with E-state index in [0.29, 0.717) is 41.0 Å². The normalized spacial score (nSPS) is 14.0. The summed E-state index contributed by atoms with van der Waals surface area (Å²) in [6.45, 7) is 3.88. The molecule has 0 unspecified atom stereocenters. The second kappa shape index (κ2) is 12.9. The molecule has 4 rings (SSSR count). The quantitative estimate of drug-likeness (QED) is 0.400. The molecule has 4 N–H and O–H groups in total. The Hall–Kier alpha value is -2.75. The highest BCUT2D eigenvalue weighted by atomic mass is 35.5. The Labute approximate surface area is 244 Å². The summed E-state index contributed by atoms with van der Waals surface area (Å²) in [6, 6.07) is 14.2. The first-order chi connectivity index (χ1) is 17.7. The van der Waals surface area contributed by atoms with E-state index in [-0.39, 0.29) is 36.8 Å². The lowest BCUT2D eigenvalue weighted by atomic mass is 9.97. The summed E-state index contributed by atoms with van der Waals surface area (Å²) in [5, 5.41) is 8.10. The summed E-state index contributed by atoms with van der Waals surface area (Å²) >= 11 is 14.7. The molecule has 3 aromatic rings. The number of nitrogen functional groups attached to an aromatic ring is 1. The summed E-state index contributed by atoms with van der Waals surface area (Å²) in [6.07, 6.45) is 1.88. The van der Waals surface area contributed by atoms with Crippen LogP contribution in [0.3, 0.4) is 0 Å². The largest absolute Gasteiger partial charge is 1.00 e. The zero-order valence-corrected chi connectivity index (χ0v) is 24.2. The topological polar surface area (TPSA) is 104 Å². The van der Waals surface area contributed by atoms with Crippen LogP contribution < -0.4 is 23.5 Å². The lowest BCUT2D eigenvalue weighted by Crippen LogP contribution is -3.00. The molecular formula is C27H23Cl3N2O4S2. The van der Waals surface area contributed by atoms with E-state index in [9.17, 15) is 9.59 Å². The molecule has 1 aliphatic heterocycles. The second-order valence-electron chi connectivity index (χ2n) is 7.76. The fraction of sp³-hybridized carbons (Fsp3) is 0.148. The van der Waals surface area contributed by atoms with Gasteiger partial charge in [0.25, 0.3) is 5.04 Å². The maximum absolute atomic E-state index is 12.9. The first-order valence-corrected chi connectivity index (χ1v) is 13.7. The van der Waals surface area contributed by atoms with Crippen LogP contribution in [0.25, 0.3) is 22.8 Å². The van der Waals surface area contributed by atoms with Gasteiger partial charge in [-0.25, -0.2) is 15.0 Å². The van der Waals surface area contributed by atoms with E-state index in [1.54, 1.807) is 38.1 Å². The van der Waals surface area contributed by atoms with Crippen LogP contribution in [0, 0.1) is 0 Å². The van der Waals surface area contributed by atoms with Crippen molar-refractivity contribution >= 4 is 79.9 Å². The van der Waals surface area contributed by atoms with E-state index < -0.39 is 11.9 Å². The summed E-state index contributed by atoms with van der Waals surface area (Å²) in [4.78, 5) is 27.2. The Balaban J connectivity index is 0.00000400. The molecule has 0 aliphatic carbocycles. The number of thiophene rings is 1. The highest BCUT2D eigenvalue weighted by Crippen LogP contribution is 2.47. The molecule has 11 heteroatoms. The van der Waals surface area contributed by atoms with Gasteiger partial charge in [-0.05, 0) is 67.1 Å². The Morgan fingerprint density at radius 1 is 0.921 bits per heavy atom. The number of allylic oxidation sites excluding steroid dienone is 1. The number of anilines is 1. The van der Waals surface area contributed by atoms with Gasteiger partial charge >= 0.3 is 11.9 Å². The number of benzene rings is 2. The van der Waals surface area contributed by atoms with E-state index in [1.807, 2.05) is 30.3 Å². The van der Waals surface area contributed by atoms with Crippen LogP contribution in [0.4, 0.5) is 5.00 Å². The molecule has 6 nitrogen and oxygen atoms in total. The Morgan fingerprint density at radius 3 is 2.00 bits per heavy atom. The third-order valence-corrected chi connectivity index (χ3v) is 7.85. The molecule has 0 saturated carbocycles. The van der Waals surface area contributed by atoms with Crippen molar-refractivity contribution in [2.75, 3.05) is 18.9 Å². The van der Waals surface area contributed by atoms with E-state index in [0.717, 1.165) is 11.1 Å². The highest BCUT2D eigenvalue weighted by molar-refractivity contribution is 8.18. The minimum atomic E-state index is -0.517. The van der Waals surface area contributed by atoms with Gasteiger partial charge in [-0.1, -0.05) is 47.5 Å². The van der Waals surface area contributed by atoms with Gasteiger partial charge in [0.1, 0.15) is 16.1 Å². The number of esters is 2. The number of thioether (sulfide) groups is 1. The van der Waals surface area contributed by atoms with Crippen LogP contribution in [0.1, 0.15) is 34.6 Å². The van der Waals surface area contributed by atoms with Gasteiger partial charge in [0.15, 0.2) is 0 Å². The number of carbonyl (C=O) groups is 2. The monoisotopic (exact) mass is 608 g/mol. The van der Waals surface area contributed by atoms with Crippen LogP contribution in [0.2, 0.25) is 10.0 Å². The van der Waals surface area contributed by atoms with Crippen LogP contribution in [0.15, 0.2) is 59.0 Å². The van der Waals surface area contributed by atoms with Gasteiger partial charge in [-0.2, -0.15) is 0 Å². The molecule has 2 aromatic carbocycles. The first-order valence-electron chi connectivity index (χ1n) is 11.3. The second-order valence-corrected chi connectivity index (χ2v) is 10.8. The average molecular weight is 610 g/mol. The number of hydrogen-bond acceptors (Lipinski definition) is 7. The molecule has 198 valence electrons. The molecule has 0 saturated heterocycles. The average Bonchev–Trinajstić information content (AvgIpc) is 3.36. The van der Waals surface area contributed by atoms with Crippen molar-refractivity contribution in [3.63, 3.8) is 0 Å². The van der Waals surface area contributed by atoms with E-state index in [1.165, 1.54) is 23.1 Å². The Morgan fingerprint density at radius 2 is 1.45 bits per heavy atom. The summed E-state index contributed by atoms with van der Waals surface area (Å²) in [7, 11) is 0. The maximum Gasteiger partial charge on any atom is 0.346 e. The number of carbonyl (C=O) groups excluding carboxylic acids is 2. The van der Waals surface area contributed by atoms with Gasteiger partial charge in [0, 0.05) is 31.0 Å². The van der Waals surface area contributed by atoms with Crippen molar-refractivity contribution in [3.8, 4) is 11.1 Å². The van der Waals surface area contributed by atoms with Crippen molar-refractivity contribution < 1.29 is 36.9 Å². The lowest BCUT2D eigenvalue weighted by Gasteiger charge is -2.09. The molecule has 1 aromatic heterocycles. The zero-order valence-electron chi connectivity index (χ0n) is 20.3. The fourth-order valence-corrected chi connectivity index (χ4v) is 6.25. The van der Waals surface area contributed by atoms with Crippen molar-refractivity contribution in [3.05, 3.63) is 85.1 Å². The molecular weight excluding hydrogens is 587 g/mol. The first kappa shape index (κ1) is 29.8. The molecule has 0 bridgehead atoms.